The molecule has 0 spiro atoms. The van der Waals surface area contributed by atoms with E-state index in [4.69, 9.17) is 0 Å². The topological polar surface area (TPSA) is 12.0 Å². The summed E-state index contributed by atoms with van der Waals surface area (Å²) < 4.78 is 0. The number of piperidine rings is 1. The van der Waals surface area contributed by atoms with E-state index >= 15 is 0 Å². The van der Waals surface area contributed by atoms with Gasteiger partial charge < -0.3 is 5.32 Å². The van der Waals surface area contributed by atoms with Crippen LogP contribution in [0.15, 0.2) is 11.1 Å². The summed E-state index contributed by atoms with van der Waals surface area (Å²) in [5.74, 6) is 0. The predicted octanol–water partition coefficient (Wildman–Crippen LogP) is 2.63. The van der Waals surface area contributed by atoms with Crippen LogP contribution < -0.4 is 5.32 Å². The van der Waals surface area contributed by atoms with Crippen LogP contribution in [0.1, 0.15) is 44.9 Å². The first-order valence-corrected chi connectivity index (χ1v) is 5.37. The van der Waals surface area contributed by atoms with E-state index in [1.54, 1.807) is 5.57 Å². The summed E-state index contributed by atoms with van der Waals surface area (Å²) in [6.45, 7) is 2.44. The van der Waals surface area contributed by atoms with Crippen molar-refractivity contribution in [1.29, 1.82) is 0 Å². The quantitative estimate of drug-likeness (QED) is 0.544. The highest BCUT2D eigenvalue weighted by Crippen LogP contribution is 2.29. The molecule has 2 aliphatic rings. The summed E-state index contributed by atoms with van der Waals surface area (Å²) in [6.07, 6.45) is 9.85. The van der Waals surface area contributed by atoms with Gasteiger partial charge in [0.2, 0.25) is 0 Å². The lowest BCUT2D eigenvalue weighted by Gasteiger charge is -2.23. The van der Waals surface area contributed by atoms with Crippen LogP contribution in [0.3, 0.4) is 0 Å². The molecule has 1 saturated heterocycles. The van der Waals surface area contributed by atoms with Crippen molar-refractivity contribution in [2.45, 2.75) is 44.9 Å². The minimum absolute atomic E-state index is 1.22. The zero-order valence-electron chi connectivity index (χ0n) is 7.86. The van der Waals surface area contributed by atoms with Crippen molar-refractivity contribution < 1.29 is 0 Å². The van der Waals surface area contributed by atoms with Gasteiger partial charge in [0.15, 0.2) is 0 Å². The van der Waals surface area contributed by atoms with Crippen LogP contribution in [0.5, 0.6) is 0 Å². The molecule has 1 nitrogen and oxygen atoms in total. The first-order chi connectivity index (χ1) is 5.97. The molecule has 0 aromatic heterocycles. The molecule has 0 aromatic rings. The van der Waals surface area contributed by atoms with Crippen molar-refractivity contribution in [3.8, 4) is 0 Å². The fourth-order valence-electron chi connectivity index (χ4n) is 2.41. The molecule has 2 rings (SSSR count). The Morgan fingerprint density at radius 2 is 1.25 bits per heavy atom. The van der Waals surface area contributed by atoms with Crippen LogP contribution in [-0.2, 0) is 0 Å². The van der Waals surface area contributed by atoms with Gasteiger partial charge in [0.25, 0.3) is 0 Å². The Kier molecular flexibility index (Phi) is 2.83. The summed E-state index contributed by atoms with van der Waals surface area (Å²) in [5.41, 5.74) is 3.62. The van der Waals surface area contributed by atoms with Gasteiger partial charge in [-0.1, -0.05) is 17.6 Å². The maximum absolute atomic E-state index is 3.42. The van der Waals surface area contributed by atoms with Crippen LogP contribution in [0.4, 0.5) is 0 Å². The molecule has 2 fully saturated rings. The van der Waals surface area contributed by atoms with Gasteiger partial charge in [0.1, 0.15) is 0 Å². The largest absolute Gasteiger partial charge is 0.316 e. The van der Waals surface area contributed by atoms with Gasteiger partial charge in [0.05, 0.1) is 0 Å². The lowest BCUT2D eigenvalue weighted by Crippen LogP contribution is -2.24. The second-order valence-electron chi connectivity index (χ2n) is 4.02. The normalized spacial score (nSPS) is 26.0. The molecule has 1 N–H and O–H groups in total. The fourth-order valence-corrected chi connectivity index (χ4v) is 2.41. The number of hydrogen-bond donors (Lipinski definition) is 1. The first-order valence-electron chi connectivity index (χ1n) is 5.37. The summed E-state index contributed by atoms with van der Waals surface area (Å²) >= 11 is 0. The monoisotopic (exact) mass is 165 g/mol. The second-order valence-corrected chi connectivity index (χ2v) is 4.02. The molecule has 0 atom stereocenters. The number of nitrogens with one attached hydrogen (secondary N) is 1. The summed E-state index contributed by atoms with van der Waals surface area (Å²) in [5, 5.41) is 3.42. The summed E-state index contributed by atoms with van der Waals surface area (Å²) in [7, 11) is 0. The summed E-state index contributed by atoms with van der Waals surface area (Å²) in [4.78, 5) is 0. The van der Waals surface area contributed by atoms with Gasteiger partial charge in [-0.2, -0.15) is 0 Å². The Bertz CT molecular complexity index is 145. The third-order valence-electron chi connectivity index (χ3n) is 3.16. The van der Waals surface area contributed by atoms with E-state index in [2.05, 4.69) is 5.32 Å². The van der Waals surface area contributed by atoms with Gasteiger partial charge >= 0.3 is 0 Å². The molecule has 1 heteroatoms. The maximum atomic E-state index is 3.42. The average Bonchev–Trinajstić information content (AvgIpc) is 2.21. The highest BCUT2D eigenvalue weighted by molar-refractivity contribution is 5.17. The van der Waals surface area contributed by atoms with E-state index < -0.39 is 0 Å². The van der Waals surface area contributed by atoms with Crippen LogP contribution in [0.25, 0.3) is 0 Å². The van der Waals surface area contributed by atoms with Crippen molar-refractivity contribution in [3.05, 3.63) is 11.1 Å². The highest BCUT2D eigenvalue weighted by Gasteiger charge is 2.12. The van der Waals surface area contributed by atoms with Crippen LogP contribution in [-0.4, -0.2) is 13.1 Å². The molecule has 0 amide bonds. The molecular weight excluding hydrogens is 146 g/mol. The molecule has 0 aromatic carbocycles. The first kappa shape index (κ1) is 8.31. The molecule has 12 heavy (non-hydrogen) atoms. The standard InChI is InChI=1S/C11H19N/c1-2-4-10(5-3-1)11-6-8-12-9-7-11/h12H,1-9H2. The van der Waals surface area contributed by atoms with E-state index in [0.29, 0.717) is 0 Å². The van der Waals surface area contributed by atoms with Crippen LogP contribution in [0.2, 0.25) is 0 Å². The van der Waals surface area contributed by atoms with Crippen molar-refractivity contribution in [2.75, 3.05) is 13.1 Å². The Balaban J connectivity index is 2.00. The predicted molar refractivity (Wildman–Crippen MR) is 52.2 cm³/mol. The lowest BCUT2D eigenvalue weighted by molar-refractivity contribution is 0.555. The van der Waals surface area contributed by atoms with Crippen LogP contribution in [0, 0.1) is 0 Å². The van der Waals surface area contributed by atoms with E-state index in [1.165, 1.54) is 58.0 Å². The van der Waals surface area contributed by atoms with Gasteiger partial charge in [-0.15, -0.1) is 0 Å². The Morgan fingerprint density at radius 1 is 0.667 bits per heavy atom. The third-order valence-corrected chi connectivity index (χ3v) is 3.16. The van der Waals surface area contributed by atoms with Gasteiger partial charge in [0, 0.05) is 0 Å². The number of allylic oxidation sites excluding steroid dienone is 1. The zero-order valence-corrected chi connectivity index (χ0v) is 7.86. The number of rotatable bonds is 0. The van der Waals surface area contributed by atoms with E-state index in [1.807, 2.05) is 5.57 Å². The molecule has 1 aliphatic heterocycles. The van der Waals surface area contributed by atoms with Crippen LogP contribution >= 0.6 is 0 Å². The fraction of sp³-hybridized carbons (Fsp3) is 0.818. The Hall–Kier alpha value is -0.300. The maximum Gasteiger partial charge on any atom is -0.00114 e. The molecule has 0 unspecified atom stereocenters. The minimum atomic E-state index is 1.22. The molecule has 1 heterocycles. The Morgan fingerprint density at radius 3 is 1.92 bits per heavy atom. The van der Waals surface area contributed by atoms with Gasteiger partial charge in [-0.25, -0.2) is 0 Å². The Labute approximate surface area is 75.2 Å². The van der Waals surface area contributed by atoms with E-state index in [9.17, 15) is 0 Å². The average molecular weight is 165 g/mol. The molecular formula is C11H19N. The number of hydrogen-bond acceptors (Lipinski definition) is 1. The van der Waals surface area contributed by atoms with Crippen molar-refractivity contribution in [1.82, 2.24) is 5.32 Å². The van der Waals surface area contributed by atoms with Crippen molar-refractivity contribution in [3.63, 3.8) is 0 Å². The van der Waals surface area contributed by atoms with Gasteiger partial charge in [-0.05, 0) is 51.6 Å². The SMILES string of the molecule is C1CCC(=C2CCNCC2)CC1. The minimum Gasteiger partial charge on any atom is -0.316 e. The van der Waals surface area contributed by atoms with E-state index in [-0.39, 0.29) is 0 Å². The smallest absolute Gasteiger partial charge is 0.00114 e. The molecule has 0 radical (unpaired) electrons. The van der Waals surface area contributed by atoms with Gasteiger partial charge in [-0.3, -0.25) is 0 Å². The molecule has 68 valence electrons. The van der Waals surface area contributed by atoms with E-state index in [0.717, 1.165) is 0 Å². The highest BCUT2D eigenvalue weighted by atomic mass is 14.9. The lowest BCUT2D eigenvalue weighted by atomic mass is 9.88. The summed E-state index contributed by atoms with van der Waals surface area (Å²) in [6, 6.07) is 0. The second kappa shape index (κ2) is 4.08. The third kappa shape index (κ3) is 1.89. The zero-order chi connectivity index (χ0) is 8.23. The van der Waals surface area contributed by atoms with Crippen molar-refractivity contribution in [2.24, 2.45) is 0 Å². The molecule has 1 saturated carbocycles. The molecule has 0 bridgehead atoms. The molecule has 1 aliphatic carbocycles. The van der Waals surface area contributed by atoms with Crippen molar-refractivity contribution >= 4 is 0 Å².